The second-order valence-corrected chi connectivity index (χ2v) is 8.48. The summed E-state index contributed by atoms with van der Waals surface area (Å²) in [5.41, 5.74) is 1.58. The molecule has 154 valence electrons. The van der Waals surface area contributed by atoms with Gasteiger partial charge >= 0.3 is 5.69 Å². The fraction of sp³-hybridized carbons (Fsp3) is 0.409. The predicted octanol–water partition coefficient (Wildman–Crippen LogP) is 3.46. The van der Waals surface area contributed by atoms with Crippen molar-refractivity contribution in [2.45, 2.75) is 31.4 Å². The SMILES string of the molecule is O=c1[nH]c2ccccc2n1C(CC(O)COc1ccccc1Br)C1CCCNC1. The van der Waals surface area contributed by atoms with Crippen LogP contribution >= 0.6 is 15.9 Å². The molecule has 1 aliphatic rings. The Labute approximate surface area is 178 Å². The van der Waals surface area contributed by atoms with Crippen molar-refractivity contribution < 1.29 is 9.84 Å². The molecule has 0 aliphatic carbocycles. The molecule has 1 fully saturated rings. The minimum absolute atomic E-state index is 0.107. The molecular weight excluding hydrogens is 434 g/mol. The summed E-state index contributed by atoms with van der Waals surface area (Å²) >= 11 is 3.46. The Kier molecular flexibility index (Phi) is 6.37. The lowest BCUT2D eigenvalue weighted by molar-refractivity contribution is 0.0726. The van der Waals surface area contributed by atoms with Gasteiger partial charge in [0.1, 0.15) is 12.4 Å². The van der Waals surface area contributed by atoms with Gasteiger partial charge in [0.2, 0.25) is 0 Å². The van der Waals surface area contributed by atoms with E-state index in [-0.39, 0.29) is 24.3 Å². The molecule has 3 aromatic rings. The van der Waals surface area contributed by atoms with Crippen molar-refractivity contribution in [3.63, 3.8) is 0 Å². The van der Waals surface area contributed by atoms with Gasteiger partial charge in [0.15, 0.2) is 0 Å². The average Bonchev–Trinajstić information content (AvgIpc) is 3.07. The van der Waals surface area contributed by atoms with Crippen LogP contribution in [0.4, 0.5) is 0 Å². The molecule has 0 amide bonds. The smallest absolute Gasteiger partial charge is 0.326 e. The number of nitrogens with one attached hydrogen (secondary N) is 2. The molecule has 0 bridgehead atoms. The second kappa shape index (κ2) is 9.15. The number of aromatic nitrogens is 2. The molecule has 29 heavy (non-hydrogen) atoms. The zero-order valence-electron chi connectivity index (χ0n) is 16.2. The van der Waals surface area contributed by atoms with Crippen LogP contribution in [0.15, 0.2) is 57.8 Å². The first-order valence-electron chi connectivity index (χ1n) is 10.1. The number of aliphatic hydroxyl groups is 1. The Hall–Kier alpha value is -2.09. The molecule has 2 aromatic carbocycles. The molecule has 1 aromatic heterocycles. The van der Waals surface area contributed by atoms with Crippen LogP contribution < -0.4 is 15.7 Å². The number of aliphatic hydroxyl groups excluding tert-OH is 1. The van der Waals surface area contributed by atoms with E-state index in [9.17, 15) is 9.90 Å². The van der Waals surface area contributed by atoms with Crippen molar-refractivity contribution in [3.8, 4) is 5.75 Å². The van der Waals surface area contributed by atoms with E-state index in [1.54, 1.807) is 0 Å². The zero-order valence-corrected chi connectivity index (χ0v) is 17.8. The van der Waals surface area contributed by atoms with Crippen molar-refractivity contribution in [2.75, 3.05) is 19.7 Å². The third-order valence-corrected chi connectivity index (χ3v) is 6.27. The fourth-order valence-corrected chi connectivity index (χ4v) is 4.61. The number of hydrogen-bond acceptors (Lipinski definition) is 4. The van der Waals surface area contributed by atoms with E-state index in [4.69, 9.17) is 4.74 Å². The summed E-state index contributed by atoms with van der Waals surface area (Å²) in [6.07, 6.45) is 1.87. The van der Waals surface area contributed by atoms with E-state index < -0.39 is 6.10 Å². The van der Waals surface area contributed by atoms with Crippen LogP contribution in [0, 0.1) is 5.92 Å². The van der Waals surface area contributed by atoms with Crippen LogP contribution in [-0.2, 0) is 0 Å². The number of H-pyrrole nitrogens is 1. The number of para-hydroxylation sites is 3. The molecule has 0 saturated carbocycles. The van der Waals surface area contributed by atoms with Gasteiger partial charge < -0.3 is 20.1 Å². The topological polar surface area (TPSA) is 79.3 Å². The second-order valence-electron chi connectivity index (χ2n) is 7.62. The molecule has 0 radical (unpaired) electrons. The molecule has 4 rings (SSSR count). The van der Waals surface area contributed by atoms with Gasteiger partial charge in [0, 0.05) is 6.04 Å². The number of nitrogens with zero attached hydrogens (tertiary/aromatic N) is 1. The number of aromatic amines is 1. The largest absolute Gasteiger partial charge is 0.490 e. The maximum Gasteiger partial charge on any atom is 0.326 e. The molecule has 3 N–H and O–H groups in total. The summed E-state index contributed by atoms with van der Waals surface area (Å²) in [6.45, 7) is 2.02. The molecule has 0 spiro atoms. The van der Waals surface area contributed by atoms with Crippen LogP contribution in [0.3, 0.4) is 0 Å². The van der Waals surface area contributed by atoms with Crippen LogP contribution in [0.25, 0.3) is 11.0 Å². The highest BCUT2D eigenvalue weighted by Crippen LogP contribution is 2.31. The highest BCUT2D eigenvalue weighted by Gasteiger charge is 2.30. The summed E-state index contributed by atoms with van der Waals surface area (Å²) in [5, 5.41) is 14.2. The van der Waals surface area contributed by atoms with Gasteiger partial charge in [0.05, 0.1) is 21.6 Å². The van der Waals surface area contributed by atoms with Gasteiger partial charge in [-0.1, -0.05) is 24.3 Å². The Morgan fingerprint density at radius 3 is 2.79 bits per heavy atom. The molecule has 7 heteroatoms. The van der Waals surface area contributed by atoms with Gasteiger partial charge in [-0.25, -0.2) is 4.79 Å². The summed E-state index contributed by atoms with van der Waals surface area (Å²) < 4.78 is 8.50. The first kappa shape index (κ1) is 20.2. The third-order valence-electron chi connectivity index (χ3n) is 5.62. The van der Waals surface area contributed by atoms with E-state index in [0.717, 1.165) is 41.4 Å². The lowest BCUT2D eigenvalue weighted by atomic mass is 9.88. The Morgan fingerprint density at radius 1 is 1.21 bits per heavy atom. The van der Waals surface area contributed by atoms with E-state index in [2.05, 4.69) is 26.2 Å². The third kappa shape index (κ3) is 4.57. The van der Waals surface area contributed by atoms with Crippen LogP contribution in [-0.4, -0.2) is 40.5 Å². The summed E-state index contributed by atoms with van der Waals surface area (Å²) in [5.74, 6) is 0.977. The molecule has 3 unspecified atom stereocenters. The van der Waals surface area contributed by atoms with E-state index in [1.165, 1.54) is 0 Å². The minimum Gasteiger partial charge on any atom is -0.490 e. The molecule has 3 atom stereocenters. The van der Waals surface area contributed by atoms with Gasteiger partial charge in [-0.2, -0.15) is 0 Å². The standard InChI is InChI=1S/C22H26BrN3O3/c23-17-7-1-4-10-21(17)29-14-16(27)12-20(15-6-5-11-24-13-15)26-19-9-3-2-8-18(19)25-22(26)28/h1-4,7-10,15-16,20,24,27H,5-6,11-14H2,(H,25,28). The Morgan fingerprint density at radius 2 is 2.00 bits per heavy atom. The summed E-state index contributed by atoms with van der Waals surface area (Å²) in [7, 11) is 0. The number of hydrogen-bond donors (Lipinski definition) is 3. The number of halogens is 1. The quantitative estimate of drug-likeness (QED) is 0.505. The van der Waals surface area contributed by atoms with Crippen LogP contribution in [0.5, 0.6) is 5.75 Å². The average molecular weight is 460 g/mol. The molecule has 1 saturated heterocycles. The van der Waals surface area contributed by atoms with E-state index in [1.807, 2.05) is 53.1 Å². The van der Waals surface area contributed by atoms with Gasteiger partial charge in [-0.05, 0) is 78.5 Å². The molecule has 1 aliphatic heterocycles. The Bertz CT molecular complexity index is 1010. The highest BCUT2D eigenvalue weighted by atomic mass is 79.9. The van der Waals surface area contributed by atoms with Crippen molar-refractivity contribution >= 4 is 27.0 Å². The van der Waals surface area contributed by atoms with Crippen molar-refractivity contribution in [1.29, 1.82) is 0 Å². The van der Waals surface area contributed by atoms with Crippen molar-refractivity contribution in [2.24, 2.45) is 5.92 Å². The highest BCUT2D eigenvalue weighted by molar-refractivity contribution is 9.10. The van der Waals surface area contributed by atoms with Crippen LogP contribution in [0.1, 0.15) is 25.3 Å². The maximum absolute atomic E-state index is 12.8. The summed E-state index contributed by atoms with van der Waals surface area (Å²) in [4.78, 5) is 15.7. The monoisotopic (exact) mass is 459 g/mol. The number of rotatable bonds is 7. The fourth-order valence-electron chi connectivity index (χ4n) is 4.21. The van der Waals surface area contributed by atoms with Crippen molar-refractivity contribution in [1.82, 2.24) is 14.9 Å². The number of benzene rings is 2. The predicted molar refractivity (Wildman–Crippen MR) is 117 cm³/mol. The van der Waals surface area contributed by atoms with E-state index >= 15 is 0 Å². The molecule has 2 heterocycles. The summed E-state index contributed by atoms with van der Waals surface area (Å²) in [6, 6.07) is 15.2. The number of fused-ring (bicyclic) bond motifs is 1. The molecular formula is C22H26BrN3O3. The number of imidazole rings is 1. The zero-order chi connectivity index (χ0) is 20.2. The minimum atomic E-state index is -0.686. The molecule has 6 nitrogen and oxygen atoms in total. The Balaban J connectivity index is 1.56. The first-order chi connectivity index (χ1) is 14.1. The maximum atomic E-state index is 12.8. The number of ether oxygens (including phenoxy) is 1. The lowest BCUT2D eigenvalue weighted by Gasteiger charge is -2.33. The van der Waals surface area contributed by atoms with E-state index in [0.29, 0.717) is 12.2 Å². The van der Waals surface area contributed by atoms with Crippen molar-refractivity contribution in [3.05, 3.63) is 63.5 Å². The first-order valence-corrected chi connectivity index (χ1v) is 10.9. The van der Waals surface area contributed by atoms with Gasteiger partial charge in [-0.3, -0.25) is 4.57 Å². The van der Waals surface area contributed by atoms with Gasteiger partial charge in [0.25, 0.3) is 0 Å². The van der Waals surface area contributed by atoms with Crippen LogP contribution in [0.2, 0.25) is 0 Å². The normalized spacial score (nSPS) is 19.2. The number of piperidine rings is 1. The van der Waals surface area contributed by atoms with Gasteiger partial charge in [-0.15, -0.1) is 0 Å². The lowest BCUT2D eigenvalue weighted by Crippen LogP contribution is -2.39.